The lowest BCUT2D eigenvalue weighted by Gasteiger charge is -2.39. The number of sulfone groups is 1. The van der Waals surface area contributed by atoms with Crippen LogP contribution in [0.5, 0.6) is 0 Å². The number of pyridine rings is 1. The van der Waals surface area contributed by atoms with E-state index >= 15 is 0 Å². The molecule has 0 unspecified atom stereocenters. The van der Waals surface area contributed by atoms with Crippen LogP contribution in [0.4, 0.5) is 0 Å². The number of hydrogen-bond donors (Lipinski definition) is 1. The molecule has 1 aliphatic heterocycles. The Morgan fingerprint density at radius 3 is 2.24 bits per heavy atom. The molecule has 0 bridgehead atoms. The molecule has 0 atom stereocenters. The molecule has 1 aliphatic rings. The minimum absolute atomic E-state index is 0.0707. The van der Waals surface area contributed by atoms with Gasteiger partial charge in [0, 0.05) is 49.6 Å². The maximum absolute atomic E-state index is 12.9. The summed E-state index contributed by atoms with van der Waals surface area (Å²) in [5, 5.41) is 3.14. The van der Waals surface area contributed by atoms with E-state index in [0.717, 1.165) is 59.0 Å². The summed E-state index contributed by atoms with van der Waals surface area (Å²) in [5.74, 6) is 0.658. The fourth-order valence-corrected chi connectivity index (χ4v) is 5.92. The maximum Gasteiger partial charge on any atom is 0.251 e. The van der Waals surface area contributed by atoms with Gasteiger partial charge >= 0.3 is 0 Å². The molecular weight excluding hydrogens is 534 g/mol. The number of aromatic nitrogens is 3. The quantitative estimate of drug-likeness (QED) is 0.309. The highest BCUT2D eigenvalue weighted by molar-refractivity contribution is 7.90. The molecule has 5 aromatic rings. The first-order chi connectivity index (χ1) is 19.7. The van der Waals surface area contributed by atoms with E-state index in [1.165, 1.54) is 11.8 Å². The Balaban J connectivity index is 1.16. The number of fused-ring (bicyclic) bond motifs is 1. The smallest absolute Gasteiger partial charge is 0.251 e. The normalized spacial score (nSPS) is 14.2. The number of nitrogens with zero attached hydrogens (tertiary/aromatic N) is 4. The van der Waals surface area contributed by atoms with E-state index in [1.807, 2.05) is 67.1 Å². The van der Waals surface area contributed by atoms with Gasteiger partial charge in [-0.15, -0.1) is 0 Å². The van der Waals surface area contributed by atoms with E-state index < -0.39 is 9.84 Å². The Morgan fingerprint density at radius 1 is 0.927 bits per heavy atom. The molecule has 0 radical (unpaired) electrons. The predicted octanol–water partition coefficient (Wildman–Crippen LogP) is 4.63. The standard InChI is InChI=1S/C32H31N5O3S/c1-21-30-29(36(2)31(35-30)24-13-15-27(16-14-24)41(3,39)40)17-28(33-21)23-9-11-25(12-10-23)32(38)34-26-19-37(20-26)18-22-7-5-4-6-8-22/h4-17,26H,18-20H2,1-3H3,(H,34,38). The van der Waals surface area contributed by atoms with Crippen molar-refractivity contribution in [2.24, 2.45) is 7.05 Å². The van der Waals surface area contributed by atoms with Crippen molar-refractivity contribution in [3.8, 4) is 22.6 Å². The summed E-state index contributed by atoms with van der Waals surface area (Å²) >= 11 is 0. The summed E-state index contributed by atoms with van der Waals surface area (Å²) in [5.41, 5.74) is 6.91. The van der Waals surface area contributed by atoms with Crippen LogP contribution >= 0.6 is 0 Å². The molecule has 0 spiro atoms. The fourth-order valence-electron chi connectivity index (χ4n) is 5.29. The van der Waals surface area contributed by atoms with E-state index in [-0.39, 0.29) is 16.8 Å². The lowest BCUT2D eigenvalue weighted by molar-refractivity contribution is 0.0795. The highest BCUT2D eigenvalue weighted by Gasteiger charge is 2.28. The molecule has 208 valence electrons. The summed E-state index contributed by atoms with van der Waals surface area (Å²) in [6, 6.07) is 26.8. The molecule has 0 saturated carbocycles. The van der Waals surface area contributed by atoms with Crippen LogP contribution in [-0.4, -0.2) is 59.1 Å². The van der Waals surface area contributed by atoms with Gasteiger partial charge in [0.1, 0.15) is 11.3 Å². The van der Waals surface area contributed by atoms with Crippen LogP contribution < -0.4 is 5.32 Å². The van der Waals surface area contributed by atoms with E-state index in [0.29, 0.717) is 5.56 Å². The zero-order valence-electron chi connectivity index (χ0n) is 23.2. The summed E-state index contributed by atoms with van der Waals surface area (Å²) in [6.45, 7) is 4.51. The SMILES string of the molecule is Cc1nc(-c2ccc(C(=O)NC3CN(Cc4ccccc4)C3)cc2)cc2c1nc(-c1ccc(S(C)(=O)=O)cc1)n2C. The second-order valence-electron chi connectivity index (χ2n) is 10.7. The maximum atomic E-state index is 12.9. The van der Waals surface area contributed by atoms with Crippen LogP contribution in [-0.2, 0) is 23.4 Å². The van der Waals surface area contributed by atoms with Crippen molar-refractivity contribution >= 4 is 26.8 Å². The Bertz CT molecular complexity index is 1840. The number of carbonyl (C=O) groups is 1. The lowest BCUT2D eigenvalue weighted by Crippen LogP contribution is -2.58. The van der Waals surface area contributed by atoms with Crippen LogP contribution in [0.3, 0.4) is 0 Å². The number of hydrogen-bond acceptors (Lipinski definition) is 6. The average Bonchev–Trinajstić information content (AvgIpc) is 3.28. The number of nitrogens with one attached hydrogen (secondary N) is 1. The van der Waals surface area contributed by atoms with Crippen molar-refractivity contribution in [3.05, 3.63) is 102 Å². The predicted molar refractivity (Wildman–Crippen MR) is 160 cm³/mol. The molecule has 6 rings (SSSR count). The molecule has 9 heteroatoms. The molecule has 1 N–H and O–H groups in total. The number of likely N-dealkylation sites (tertiary alicyclic amines) is 1. The molecule has 3 aromatic carbocycles. The topological polar surface area (TPSA) is 97.2 Å². The van der Waals surface area contributed by atoms with Crippen LogP contribution in [0.25, 0.3) is 33.7 Å². The van der Waals surface area contributed by atoms with Gasteiger partial charge in [-0.05, 0) is 55.0 Å². The van der Waals surface area contributed by atoms with Crippen molar-refractivity contribution in [1.29, 1.82) is 0 Å². The molecule has 3 heterocycles. The van der Waals surface area contributed by atoms with Gasteiger partial charge < -0.3 is 9.88 Å². The number of carbonyl (C=O) groups excluding carboxylic acids is 1. The van der Waals surface area contributed by atoms with Crippen molar-refractivity contribution < 1.29 is 13.2 Å². The first kappa shape index (κ1) is 26.9. The zero-order valence-corrected chi connectivity index (χ0v) is 24.0. The van der Waals surface area contributed by atoms with E-state index in [1.54, 1.807) is 24.3 Å². The highest BCUT2D eigenvalue weighted by atomic mass is 32.2. The first-order valence-corrected chi connectivity index (χ1v) is 15.4. The van der Waals surface area contributed by atoms with Crippen molar-refractivity contribution in [2.45, 2.75) is 24.4 Å². The molecule has 41 heavy (non-hydrogen) atoms. The third-order valence-corrected chi connectivity index (χ3v) is 8.70. The Labute approximate surface area is 239 Å². The fraction of sp³-hybridized carbons (Fsp3) is 0.219. The van der Waals surface area contributed by atoms with Gasteiger partial charge in [0.05, 0.1) is 27.8 Å². The van der Waals surface area contributed by atoms with Gasteiger partial charge in [-0.2, -0.15) is 0 Å². The Morgan fingerprint density at radius 2 is 1.59 bits per heavy atom. The summed E-state index contributed by atoms with van der Waals surface area (Å²) < 4.78 is 25.7. The minimum atomic E-state index is -3.27. The Kier molecular flexibility index (Phi) is 6.93. The Hall–Kier alpha value is -4.34. The van der Waals surface area contributed by atoms with Crippen LogP contribution in [0.15, 0.2) is 89.8 Å². The number of aryl methyl sites for hydroxylation is 2. The van der Waals surface area contributed by atoms with Crippen LogP contribution in [0.1, 0.15) is 21.6 Å². The monoisotopic (exact) mass is 565 g/mol. The van der Waals surface area contributed by atoms with E-state index in [9.17, 15) is 13.2 Å². The van der Waals surface area contributed by atoms with Crippen molar-refractivity contribution in [2.75, 3.05) is 19.3 Å². The number of amides is 1. The van der Waals surface area contributed by atoms with Gasteiger partial charge in [-0.1, -0.05) is 42.5 Å². The van der Waals surface area contributed by atoms with Crippen molar-refractivity contribution in [3.63, 3.8) is 0 Å². The van der Waals surface area contributed by atoms with Gasteiger partial charge in [0.25, 0.3) is 5.91 Å². The highest BCUT2D eigenvalue weighted by Crippen LogP contribution is 2.29. The minimum Gasteiger partial charge on any atom is -0.347 e. The van der Waals surface area contributed by atoms with Crippen LogP contribution in [0, 0.1) is 6.92 Å². The zero-order chi connectivity index (χ0) is 28.7. The number of rotatable bonds is 7. The third kappa shape index (κ3) is 5.51. The molecule has 0 aliphatic carbocycles. The second-order valence-corrected chi connectivity index (χ2v) is 12.7. The summed E-state index contributed by atoms with van der Waals surface area (Å²) in [6.07, 6.45) is 1.20. The molecule has 8 nitrogen and oxygen atoms in total. The summed E-state index contributed by atoms with van der Waals surface area (Å²) in [7, 11) is -1.33. The van der Waals surface area contributed by atoms with Crippen LogP contribution in [0.2, 0.25) is 0 Å². The first-order valence-electron chi connectivity index (χ1n) is 13.5. The summed E-state index contributed by atoms with van der Waals surface area (Å²) in [4.78, 5) is 25.1. The second kappa shape index (κ2) is 10.6. The molecule has 2 aromatic heterocycles. The van der Waals surface area contributed by atoms with Crippen molar-refractivity contribution in [1.82, 2.24) is 24.8 Å². The molecule has 1 fully saturated rings. The van der Waals surface area contributed by atoms with E-state index in [4.69, 9.17) is 9.97 Å². The van der Waals surface area contributed by atoms with E-state index in [2.05, 4.69) is 22.3 Å². The lowest BCUT2D eigenvalue weighted by atomic mass is 10.0. The van der Waals surface area contributed by atoms with Gasteiger partial charge in [0.2, 0.25) is 0 Å². The van der Waals surface area contributed by atoms with Gasteiger partial charge in [0.15, 0.2) is 9.84 Å². The molecule has 1 amide bonds. The average molecular weight is 566 g/mol. The van der Waals surface area contributed by atoms with Gasteiger partial charge in [-0.3, -0.25) is 14.7 Å². The third-order valence-electron chi connectivity index (χ3n) is 7.57. The largest absolute Gasteiger partial charge is 0.347 e. The molecular formula is C32H31N5O3S. The molecule has 1 saturated heterocycles. The van der Waals surface area contributed by atoms with Gasteiger partial charge in [-0.25, -0.2) is 13.4 Å². The number of imidazole rings is 1. The number of benzene rings is 3.